The highest BCUT2D eigenvalue weighted by molar-refractivity contribution is 5.42. The molecule has 106 valence electrons. The SMILES string of the molecule is NC(c1ccccc1)c1n[nH]c(CNc2ccccc2)n1. The van der Waals surface area contributed by atoms with Gasteiger partial charge < -0.3 is 11.1 Å². The summed E-state index contributed by atoms with van der Waals surface area (Å²) < 4.78 is 0. The molecule has 4 N–H and O–H groups in total. The lowest BCUT2D eigenvalue weighted by Crippen LogP contribution is -2.13. The van der Waals surface area contributed by atoms with Crippen LogP contribution in [0.2, 0.25) is 0 Å². The molecule has 0 spiro atoms. The van der Waals surface area contributed by atoms with Crippen molar-refractivity contribution in [3.63, 3.8) is 0 Å². The smallest absolute Gasteiger partial charge is 0.171 e. The summed E-state index contributed by atoms with van der Waals surface area (Å²) in [6.45, 7) is 0.582. The molecule has 1 atom stereocenters. The molecule has 0 aliphatic carbocycles. The predicted octanol–water partition coefficient (Wildman–Crippen LogP) is 2.46. The van der Waals surface area contributed by atoms with Gasteiger partial charge in [0.05, 0.1) is 12.6 Å². The summed E-state index contributed by atoms with van der Waals surface area (Å²) in [6, 6.07) is 19.5. The van der Waals surface area contributed by atoms with Gasteiger partial charge in [0.1, 0.15) is 5.82 Å². The number of benzene rings is 2. The minimum absolute atomic E-state index is 0.312. The van der Waals surface area contributed by atoms with Crippen LogP contribution in [0.3, 0.4) is 0 Å². The molecule has 3 rings (SSSR count). The highest BCUT2D eigenvalue weighted by Gasteiger charge is 2.13. The van der Waals surface area contributed by atoms with Crippen molar-refractivity contribution in [2.75, 3.05) is 5.32 Å². The number of H-pyrrole nitrogens is 1. The summed E-state index contributed by atoms with van der Waals surface area (Å²) in [6.07, 6.45) is 0. The summed E-state index contributed by atoms with van der Waals surface area (Å²) in [4.78, 5) is 4.45. The topological polar surface area (TPSA) is 79.6 Å². The molecule has 1 aromatic heterocycles. The Labute approximate surface area is 123 Å². The molecule has 1 unspecified atom stereocenters. The van der Waals surface area contributed by atoms with Crippen LogP contribution in [-0.2, 0) is 6.54 Å². The van der Waals surface area contributed by atoms with Crippen LogP contribution in [0.5, 0.6) is 0 Å². The average Bonchev–Trinajstić information content (AvgIpc) is 3.03. The Kier molecular flexibility index (Phi) is 3.93. The van der Waals surface area contributed by atoms with E-state index in [9.17, 15) is 0 Å². The van der Waals surface area contributed by atoms with Gasteiger partial charge in [0.25, 0.3) is 0 Å². The van der Waals surface area contributed by atoms with Crippen molar-refractivity contribution >= 4 is 5.69 Å². The van der Waals surface area contributed by atoms with Gasteiger partial charge in [-0.15, -0.1) is 0 Å². The third kappa shape index (κ3) is 3.27. The Hall–Kier alpha value is -2.66. The lowest BCUT2D eigenvalue weighted by Gasteiger charge is -2.07. The van der Waals surface area contributed by atoms with Gasteiger partial charge in [0.15, 0.2) is 5.82 Å². The van der Waals surface area contributed by atoms with Crippen LogP contribution in [0.15, 0.2) is 60.7 Å². The second-order valence-electron chi connectivity index (χ2n) is 4.75. The van der Waals surface area contributed by atoms with E-state index in [1.807, 2.05) is 60.7 Å². The monoisotopic (exact) mass is 279 g/mol. The van der Waals surface area contributed by atoms with Gasteiger partial charge >= 0.3 is 0 Å². The van der Waals surface area contributed by atoms with Crippen LogP contribution in [-0.4, -0.2) is 15.2 Å². The molecule has 2 aromatic carbocycles. The molecule has 0 saturated heterocycles. The second kappa shape index (κ2) is 6.19. The van der Waals surface area contributed by atoms with Crippen molar-refractivity contribution in [3.8, 4) is 0 Å². The van der Waals surface area contributed by atoms with E-state index < -0.39 is 0 Å². The zero-order valence-electron chi connectivity index (χ0n) is 11.5. The zero-order chi connectivity index (χ0) is 14.5. The van der Waals surface area contributed by atoms with E-state index >= 15 is 0 Å². The first kappa shape index (κ1) is 13.3. The third-order valence-corrected chi connectivity index (χ3v) is 3.22. The first-order valence-corrected chi connectivity index (χ1v) is 6.83. The zero-order valence-corrected chi connectivity index (χ0v) is 11.5. The standard InChI is InChI=1S/C16H17N5/c17-15(12-7-3-1-4-8-12)16-19-14(20-21-16)11-18-13-9-5-2-6-10-13/h1-10,15,18H,11,17H2,(H,19,20,21). The van der Waals surface area contributed by atoms with E-state index in [1.54, 1.807) is 0 Å². The maximum Gasteiger partial charge on any atom is 0.171 e. The van der Waals surface area contributed by atoms with Crippen molar-refractivity contribution in [2.24, 2.45) is 5.73 Å². The average molecular weight is 279 g/mol. The molecule has 5 heteroatoms. The quantitative estimate of drug-likeness (QED) is 0.670. The molecule has 0 fully saturated rings. The van der Waals surface area contributed by atoms with E-state index in [-0.39, 0.29) is 6.04 Å². The number of nitrogens with one attached hydrogen (secondary N) is 2. The molecular weight excluding hydrogens is 262 g/mol. The summed E-state index contributed by atoms with van der Waals surface area (Å²) >= 11 is 0. The number of para-hydroxylation sites is 1. The van der Waals surface area contributed by atoms with Crippen LogP contribution < -0.4 is 11.1 Å². The summed E-state index contributed by atoms with van der Waals surface area (Å²) in [7, 11) is 0. The van der Waals surface area contributed by atoms with E-state index in [0.29, 0.717) is 12.4 Å². The molecule has 0 aliphatic heterocycles. The van der Waals surface area contributed by atoms with Crippen LogP contribution in [0, 0.1) is 0 Å². The van der Waals surface area contributed by atoms with Crippen molar-refractivity contribution in [1.82, 2.24) is 15.2 Å². The fraction of sp³-hybridized carbons (Fsp3) is 0.125. The maximum absolute atomic E-state index is 6.17. The molecule has 0 saturated carbocycles. The Bertz CT molecular complexity index is 678. The van der Waals surface area contributed by atoms with Gasteiger partial charge in [-0.1, -0.05) is 48.5 Å². The third-order valence-electron chi connectivity index (χ3n) is 3.22. The van der Waals surface area contributed by atoms with Crippen LogP contribution in [0.4, 0.5) is 5.69 Å². The maximum atomic E-state index is 6.17. The van der Waals surface area contributed by atoms with Gasteiger partial charge in [-0.25, -0.2) is 4.98 Å². The number of hydrogen-bond donors (Lipinski definition) is 3. The Morgan fingerprint density at radius 2 is 1.67 bits per heavy atom. The molecule has 21 heavy (non-hydrogen) atoms. The van der Waals surface area contributed by atoms with Crippen LogP contribution in [0.25, 0.3) is 0 Å². The summed E-state index contributed by atoms with van der Waals surface area (Å²) in [5.74, 6) is 1.37. The molecule has 3 aromatic rings. The molecular formula is C16H17N5. The molecule has 5 nitrogen and oxygen atoms in total. The highest BCUT2D eigenvalue weighted by Crippen LogP contribution is 2.15. The van der Waals surface area contributed by atoms with E-state index in [1.165, 1.54) is 0 Å². The number of aromatic nitrogens is 3. The molecule has 0 amide bonds. The number of aromatic amines is 1. The number of nitrogens with two attached hydrogens (primary N) is 1. The Morgan fingerprint density at radius 3 is 2.38 bits per heavy atom. The minimum atomic E-state index is -0.312. The lowest BCUT2D eigenvalue weighted by atomic mass is 10.1. The number of nitrogens with zero attached hydrogens (tertiary/aromatic N) is 2. The lowest BCUT2D eigenvalue weighted by molar-refractivity contribution is 0.787. The van der Waals surface area contributed by atoms with E-state index in [2.05, 4.69) is 20.5 Å². The Morgan fingerprint density at radius 1 is 1.00 bits per heavy atom. The van der Waals surface area contributed by atoms with Crippen molar-refractivity contribution in [1.29, 1.82) is 0 Å². The second-order valence-corrected chi connectivity index (χ2v) is 4.75. The van der Waals surface area contributed by atoms with Gasteiger partial charge in [0.2, 0.25) is 0 Å². The summed E-state index contributed by atoms with van der Waals surface area (Å²) in [5.41, 5.74) is 8.21. The highest BCUT2D eigenvalue weighted by atomic mass is 15.2. The van der Waals surface area contributed by atoms with Gasteiger partial charge in [-0.05, 0) is 17.7 Å². The fourth-order valence-corrected chi connectivity index (χ4v) is 2.08. The van der Waals surface area contributed by atoms with Gasteiger partial charge in [0, 0.05) is 5.69 Å². The van der Waals surface area contributed by atoms with Crippen LogP contribution >= 0.6 is 0 Å². The largest absolute Gasteiger partial charge is 0.378 e. The van der Waals surface area contributed by atoms with Crippen LogP contribution in [0.1, 0.15) is 23.3 Å². The molecule has 0 bridgehead atoms. The number of rotatable bonds is 5. The molecule has 1 heterocycles. The van der Waals surface area contributed by atoms with Crippen molar-refractivity contribution in [2.45, 2.75) is 12.6 Å². The van der Waals surface area contributed by atoms with Gasteiger partial charge in [-0.3, -0.25) is 5.10 Å². The van der Waals surface area contributed by atoms with Crippen molar-refractivity contribution in [3.05, 3.63) is 77.9 Å². The Balaban J connectivity index is 1.66. The predicted molar refractivity (Wildman–Crippen MR) is 82.6 cm³/mol. The molecule has 0 aliphatic rings. The van der Waals surface area contributed by atoms with Gasteiger partial charge in [-0.2, -0.15) is 5.10 Å². The number of anilines is 1. The first-order valence-electron chi connectivity index (χ1n) is 6.83. The molecule has 0 radical (unpaired) electrons. The normalized spacial score (nSPS) is 12.0. The first-order chi connectivity index (χ1) is 10.3. The minimum Gasteiger partial charge on any atom is -0.378 e. The van der Waals surface area contributed by atoms with E-state index in [4.69, 9.17) is 5.73 Å². The number of hydrogen-bond acceptors (Lipinski definition) is 4. The fourth-order valence-electron chi connectivity index (χ4n) is 2.08. The summed E-state index contributed by atoms with van der Waals surface area (Å²) in [5, 5.41) is 10.4. The van der Waals surface area contributed by atoms with E-state index in [0.717, 1.165) is 17.1 Å². The van der Waals surface area contributed by atoms with Crippen molar-refractivity contribution < 1.29 is 0 Å².